The van der Waals surface area contributed by atoms with E-state index in [1.807, 2.05) is 62.4 Å². The molecule has 0 radical (unpaired) electrons. The Bertz CT molecular complexity index is 861. The number of hydrogen-bond donors (Lipinski definition) is 1. The molecule has 0 aliphatic rings. The first-order chi connectivity index (χ1) is 11.6. The zero-order valence-electron chi connectivity index (χ0n) is 13.4. The molecule has 1 aromatic heterocycles. The van der Waals surface area contributed by atoms with Crippen molar-refractivity contribution in [1.82, 2.24) is 10.2 Å². The third-order valence-corrected chi connectivity index (χ3v) is 4.35. The van der Waals surface area contributed by atoms with Gasteiger partial charge in [-0.3, -0.25) is 4.79 Å². The zero-order valence-corrected chi connectivity index (χ0v) is 14.3. The fourth-order valence-corrected chi connectivity index (χ4v) is 2.78. The van der Waals surface area contributed by atoms with Crippen LogP contribution < -0.4 is 5.32 Å². The SMILES string of the molecule is Cc1ccccc1NC(=O)CSc1nnc(-c2ccccc2C)o1. The van der Waals surface area contributed by atoms with Gasteiger partial charge >= 0.3 is 0 Å². The minimum atomic E-state index is -0.107. The fourth-order valence-electron chi connectivity index (χ4n) is 2.22. The second-order valence-electron chi connectivity index (χ2n) is 5.34. The number of rotatable bonds is 5. The molecule has 0 aliphatic heterocycles. The Balaban J connectivity index is 1.61. The van der Waals surface area contributed by atoms with Crippen LogP contribution in [0.15, 0.2) is 58.2 Å². The average Bonchev–Trinajstić information content (AvgIpc) is 3.04. The first kappa shape index (κ1) is 16.3. The summed E-state index contributed by atoms with van der Waals surface area (Å²) in [5.74, 6) is 0.573. The van der Waals surface area contributed by atoms with E-state index in [0.717, 1.165) is 22.4 Å². The average molecular weight is 339 g/mol. The van der Waals surface area contributed by atoms with Crippen molar-refractivity contribution >= 4 is 23.4 Å². The molecule has 1 N–H and O–H groups in total. The molecule has 0 saturated heterocycles. The third-order valence-electron chi connectivity index (χ3n) is 3.53. The molecule has 0 fully saturated rings. The number of anilines is 1. The van der Waals surface area contributed by atoms with Crippen LogP contribution in [0.25, 0.3) is 11.5 Å². The number of nitrogens with zero attached hydrogens (tertiary/aromatic N) is 2. The maximum atomic E-state index is 12.0. The molecule has 0 spiro atoms. The van der Waals surface area contributed by atoms with Crippen LogP contribution in [0.2, 0.25) is 0 Å². The van der Waals surface area contributed by atoms with Gasteiger partial charge in [0.05, 0.1) is 5.75 Å². The lowest BCUT2D eigenvalue weighted by molar-refractivity contribution is -0.113. The Morgan fingerprint density at radius 3 is 2.50 bits per heavy atom. The van der Waals surface area contributed by atoms with Crippen LogP contribution >= 0.6 is 11.8 Å². The summed E-state index contributed by atoms with van der Waals surface area (Å²) in [6, 6.07) is 15.5. The van der Waals surface area contributed by atoms with Crippen LogP contribution in [0, 0.1) is 13.8 Å². The van der Waals surface area contributed by atoms with Gasteiger partial charge in [-0.1, -0.05) is 48.2 Å². The van der Waals surface area contributed by atoms with Crippen molar-refractivity contribution in [3.05, 3.63) is 59.7 Å². The molecule has 6 heteroatoms. The molecule has 0 saturated carbocycles. The molecule has 3 rings (SSSR count). The normalized spacial score (nSPS) is 10.6. The van der Waals surface area contributed by atoms with E-state index in [1.165, 1.54) is 11.8 Å². The molecular weight excluding hydrogens is 322 g/mol. The van der Waals surface area contributed by atoms with Gasteiger partial charge in [0, 0.05) is 11.3 Å². The van der Waals surface area contributed by atoms with Crippen molar-refractivity contribution in [3.63, 3.8) is 0 Å². The number of para-hydroxylation sites is 1. The van der Waals surface area contributed by atoms with Crippen LogP contribution in [0.5, 0.6) is 0 Å². The number of carbonyl (C=O) groups is 1. The first-order valence-electron chi connectivity index (χ1n) is 7.51. The van der Waals surface area contributed by atoms with Gasteiger partial charge in [-0.2, -0.15) is 0 Å². The van der Waals surface area contributed by atoms with Crippen molar-refractivity contribution in [1.29, 1.82) is 0 Å². The smallest absolute Gasteiger partial charge is 0.277 e. The summed E-state index contributed by atoms with van der Waals surface area (Å²) in [7, 11) is 0. The zero-order chi connectivity index (χ0) is 16.9. The van der Waals surface area contributed by atoms with E-state index in [1.54, 1.807) is 0 Å². The highest BCUT2D eigenvalue weighted by atomic mass is 32.2. The number of benzene rings is 2. The van der Waals surface area contributed by atoms with Crippen LogP contribution in [-0.2, 0) is 4.79 Å². The summed E-state index contributed by atoms with van der Waals surface area (Å²) >= 11 is 1.22. The van der Waals surface area contributed by atoms with Gasteiger partial charge in [-0.25, -0.2) is 0 Å². The Hall–Kier alpha value is -2.60. The van der Waals surface area contributed by atoms with Gasteiger partial charge in [0.1, 0.15) is 0 Å². The molecule has 5 nitrogen and oxygen atoms in total. The van der Waals surface area contributed by atoms with Crippen LogP contribution in [0.3, 0.4) is 0 Å². The highest BCUT2D eigenvalue weighted by Gasteiger charge is 2.13. The number of hydrogen-bond acceptors (Lipinski definition) is 5. The highest BCUT2D eigenvalue weighted by molar-refractivity contribution is 7.99. The number of thioether (sulfide) groups is 1. The van der Waals surface area contributed by atoms with Crippen molar-refractivity contribution in [2.75, 3.05) is 11.1 Å². The second kappa shape index (κ2) is 7.31. The third kappa shape index (κ3) is 3.83. The van der Waals surface area contributed by atoms with E-state index in [0.29, 0.717) is 11.1 Å². The predicted octanol–water partition coefficient (Wildman–Crippen LogP) is 4.08. The lowest BCUT2D eigenvalue weighted by Gasteiger charge is -2.06. The largest absolute Gasteiger partial charge is 0.411 e. The number of nitrogens with one attached hydrogen (secondary N) is 1. The minimum Gasteiger partial charge on any atom is -0.411 e. The number of aryl methyl sites for hydroxylation is 2. The minimum absolute atomic E-state index is 0.107. The van der Waals surface area contributed by atoms with Crippen molar-refractivity contribution < 1.29 is 9.21 Å². The molecular formula is C18H17N3O2S. The summed E-state index contributed by atoms with van der Waals surface area (Å²) < 4.78 is 5.64. The van der Waals surface area contributed by atoms with E-state index in [2.05, 4.69) is 15.5 Å². The summed E-state index contributed by atoms with van der Waals surface area (Å²) in [5, 5.41) is 11.3. The molecule has 122 valence electrons. The van der Waals surface area contributed by atoms with Crippen molar-refractivity contribution in [2.45, 2.75) is 19.1 Å². The van der Waals surface area contributed by atoms with E-state index >= 15 is 0 Å². The van der Waals surface area contributed by atoms with Gasteiger partial charge in [0.15, 0.2) is 0 Å². The summed E-state index contributed by atoms with van der Waals surface area (Å²) in [6.07, 6.45) is 0. The van der Waals surface area contributed by atoms with Gasteiger partial charge in [-0.15, -0.1) is 10.2 Å². The molecule has 1 amide bonds. The molecule has 2 aromatic carbocycles. The predicted molar refractivity (Wildman–Crippen MR) is 95.0 cm³/mol. The van der Waals surface area contributed by atoms with Crippen molar-refractivity contribution in [2.24, 2.45) is 0 Å². The molecule has 0 atom stereocenters. The molecule has 0 aliphatic carbocycles. The lowest BCUT2D eigenvalue weighted by Crippen LogP contribution is -2.14. The fraction of sp³-hybridized carbons (Fsp3) is 0.167. The van der Waals surface area contributed by atoms with E-state index in [9.17, 15) is 4.79 Å². The highest BCUT2D eigenvalue weighted by Crippen LogP contribution is 2.25. The van der Waals surface area contributed by atoms with Gasteiger partial charge in [0.2, 0.25) is 11.8 Å². The summed E-state index contributed by atoms with van der Waals surface area (Å²) in [4.78, 5) is 12.0. The van der Waals surface area contributed by atoms with Crippen LogP contribution in [0.4, 0.5) is 5.69 Å². The maximum Gasteiger partial charge on any atom is 0.277 e. The standard InChI is InChI=1S/C18H17N3O2S/c1-12-7-3-5-9-14(12)17-20-21-18(23-17)24-11-16(22)19-15-10-6-4-8-13(15)2/h3-10H,11H2,1-2H3,(H,19,22). The number of carbonyl (C=O) groups excluding carboxylic acids is 1. The van der Waals surface area contributed by atoms with Gasteiger partial charge < -0.3 is 9.73 Å². The van der Waals surface area contributed by atoms with Gasteiger partial charge in [0.25, 0.3) is 5.22 Å². The van der Waals surface area contributed by atoms with Crippen LogP contribution in [0.1, 0.15) is 11.1 Å². The number of aromatic nitrogens is 2. The number of amides is 1. The molecule has 0 unspecified atom stereocenters. The lowest BCUT2D eigenvalue weighted by atomic mass is 10.1. The maximum absolute atomic E-state index is 12.0. The van der Waals surface area contributed by atoms with E-state index in [4.69, 9.17) is 4.42 Å². The van der Waals surface area contributed by atoms with E-state index < -0.39 is 0 Å². The van der Waals surface area contributed by atoms with E-state index in [-0.39, 0.29) is 11.7 Å². The Labute approximate surface area is 144 Å². The molecule has 1 heterocycles. The Morgan fingerprint density at radius 2 is 1.75 bits per heavy atom. The quantitative estimate of drug-likeness (QED) is 0.709. The van der Waals surface area contributed by atoms with Gasteiger partial charge in [-0.05, 0) is 37.1 Å². The van der Waals surface area contributed by atoms with Crippen molar-refractivity contribution in [3.8, 4) is 11.5 Å². The molecule has 3 aromatic rings. The Kier molecular flexibility index (Phi) is 4.96. The molecule has 0 bridgehead atoms. The topological polar surface area (TPSA) is 68.0 Å². The first-order valence-corrected chi connectivity index (χ1v) is 8.50. The van der Waals surface area contributed by atoms with Crippen LogP contribution in [-0.4, -0.2) is 21.9 Å². The summed E-state index contributed by atoms with van der Waals surface area (Å²) in [5.41, 5.74) is 3.81. The Morgan fingerprint density at radius 1 is 1.04 bits per heavy atom. The summed E-state index contributed by atoms with van der Waals surface area (Å²) in [6.45, 7) is 3.94. The monoisotopic (exact) mass is 339 g/mol. The second-order valence-corrected chi connectivity index (χ2v) is 6.27. The molecule has 24 heavy (non-hydrogen) atoms.